The van der Waals surface area contributed by atoms with E-state index in [9.17, 15) is 14.4 Å². The van der Waals surface area contributed by atoms with Crippen LogP contribution in [0, 0.1) is 6.92 Å². The van der Waals surface area contributed by atoms with Gasteiger partial charge in [-0.25, -0.2) is 0 Å². The van der Waals surface area contributed by atoms with Crippen molar-refractivity contribution in [3.05, 3.63) is 29.8 Å². The van der Waals surface area contributed by atoms with Crippen LogP contribution in [0.3, 0.4) is 0 Å². The third-order valence-corrected chi connectivity index (χ3v) is 3.70. The summed E-state index contributed by atoms with van der Waals surface area (Å²) in [5.41, 5.74) is 1.97. The van der Waals surface area contributed by atoms with Crippen LogP contribution in [0.4, 0.5) is 5.69 Å². The lowest BCUT2D eigenvalue weighted by molar-refractivity contribution is -0.144. The zero-order valence-corrected chi connectivity index (χ0v) is 13.5. The normalized spacial score (nSPS) is 17.2. The average molecular weight is 318 g/mol. The number of hydrogen-bond donors (Lipinski definition) is 1. The Morgan fingerprint density at radius 1 is 1.26 bits per heavy atom. The number of anilines is 1. The molecule has 1 heterocycles. The highest BCUT2D eigenvalue weighted by atomic mass is 16.5. The number of ether oxygens (including phenoxy) is 1. The van der Waals surface area contributed by atoms with Crippen LogP contribution in [0.15, 0.2) is 24.3 Å². The molecule has 2 amide bonds. The number of carbonyl (C=O) groups is 3. The summed E-state index contributed by atoms with van der Waals surface area (Å²) in [6.45, 7) is 4.47. The Bertz CT molecular complexity index is 583. The minimum Gasteiger partial charge on any atom is -0.466 e. The second kappa shape index (κ2) is 7.76. The van der Waals surface area contributed by atoms with Crippen LogP contribution in [-0.2, 0) is 19.1 Å². The second-order valence-electron chi connectivity index (χ2n) is 5.61. The summed E-state index contributed by atoms with van der Waals surface area (Å²) in [6.07, 6.45) is 0.412. The summed E-state index contributed by atoms with van der Waals surface area (Å²) in [4.78, 5) is 36.9. The molecule has 0 aromatic heterocycles. The minimum atomic E-state index is -0.383. The summed E-state index contributed by atoms with van der Waals surface area (Å²) in [5.74, 6) is -0.627. The van der Waals surface area contributed by atoms with E-state index in [-0.39, 0.29) is 43.1 Å². The van der Waals surface area contributed by atoms with Gasteiger partial charge in [0, 0.05) is 25.1 Å². The van der Waals surface area contributed by atoms with E-state index in [0.717, 1.165) is 11.3 Å². The van der Waals surface area contributed by atoms with Crippen molar-refractivity contribution in [3.8, 4) is 0 Å². The summed E-state index contributed by atoms with van der Waals surface area (Å²) >= 11 is 0. The van der Waals surface area contributed by atoms with Gasteiger partial charge in [-0.2, -0.15) is 0 Å². The molecule has 2 rings (SSSR count). The molecular weight excluding hydrogens is 296 g/mol. The van der Waals surface area contributed by atoms with Gasteiger partial charge in [0.2, 0.25) is 11.8 Å². The van der Waals surface area contributed by atoms with Crippen LogP contribution in [0.25, 0.3) is 0 Å². The highest BCUT2D eigenvalue weighted by molar-refractivity contribution is 5.97. The van der Waals surface area contributed by atoms with Crippen molar-refractivity contribution in [2.75, 3.05) is 18.1 Å². The molecule has 1 atom stereocenters. The van der Waals surface area contributed by atoms with E-state index in [1.165, 1.54) is 0 Å². The third-order valence-electron chi connectivity index (χ3n) is 3.70. The Hall–Kier alpha value is -2.37. The first-order chi connectivity index (χ1) is 11.0. The lowest BCUT2D eigenvalue weighted by atomic mass is 10.2. The number of nitrogens with zero attached hydrogens (tertiary/aromatic N) is 1. The first kappa shape index (κ1) is 17.0. The van der Waals surface area contributed by atoms with E-state index in [0.29, 0.717) is 13.2 Å². The van der Waals surface area contributed by atoms with Crippen molar-refractivity contribution in [1.29, 1.82) is 0 Å². The fourth-order valence-electron chi connectivity index (χ4n) is 2.53. The number of amides is 2. The SMILES string of the molecule is CCOC(=O)CCC(=O)N[C@H]1CC(=O)N(c2ccc(C)cc2)C1. The molecule has 6 heteroatoms. The molecule has 0 unspecified atom stereocenters. The van der Waals surface area contributed by atoms with Gasteiger partial charge in [-0.05, 0) is 26.0 Å². The molecule has 1 fully saturated rings. The lowest BCUT2D eigenvalue weighted by Gasteiger charge is -2.17. The molecule has 124 valence electrons. The van der Waals surface area contributed by atoms with Crippen LogP contribution in [0.5, 0.6) is 0 Å². The van der Waals surface area contributed by atoms with Gasteiger partial charge in [0.05, 0.1) is 19.1 Å². The summed E-state index contributed by atoms with van der Waals surface area (Å²) in [7, 11) is 0. The van der Waals surface area contributed by atoms with Crippen LogP contribution in [0.2, 0.25) is 0 Å². The molecule has 6 nitrogen and oxygen atoms in total. The molecular formula is C17H22N2O4. The maximum atomic E-state index is 12.1. The molecule has 0 radical (unpaired) electrons. The fraction of sp³-hybridized carbons (Fsp3) is 0.471. The standard InChI is InChI=1S/C17H22N2O4/c1-3-23-17(22)9-8-15(20)18-13-10-16(21)19(11-13)14-6-4-12(2)5-7-14/h4-7,13H,3,8-11H2,1-2H3,(H,18,20)/t13-/m0/s1. The van der Waals surface area contributed by atoms with E-state index in [4.69, 9.17) is 4.74 Å². The van der Waals surface area contributed by atoms with Gasteiger partial charge in [-0.1, -0.05) is 17.7 Å². The zero-order valence-electron chi connectivity index (χ0n) is 13.5. The summed E-state index contributed by atoms with van der Waals surface area (Å²) < 4.78 is 4.78. The Kier molecular flexibility index (Phi) is 5.73. The number of nitrogens with one attached hydrogen (secondary N) is 1. The van der Waals surface area contributed by atoms with Gasteiger partial charge in [0.15, 0.2) is 0 Å². The average Bonchev–Trinajstić information content (AvgIpc) is 2.87. The second-order valence-corrected chi connectivity index (χ2v) is 5.61. The van der Waals surface area contributed by atoms with Gasteiger partial charge in [0.25, 0.3) is 0 Å². The number of benzene rings is 1. The Morgan fingerprint density at radius 3 is 2.61 bits per heavy atom. The van der Waals surface area contributed by atoms with Gasteiger partial charge in [-0.15, -0.1) is 0 Å². The van der Waals surface area contributed by atoms with Crippen LogP contribution >= 0.6 is 0 Å². The Balaban J connectivity index is 1.84. The van der Waals surface area contributed by atoms with E-state index in [1.54, 1.807) is 11.8 Å². The molecule has 1 aromatic carbocycles. The first-order valence-electron chi connectivity index (χ1n) is 7.81. The van der Waals surface area contributed by atoms with Gasteiger partial charge in [-0.3, -0.25) is 14.4 Å². The Labute approximate surface area is 135 Å². The number of aryl methyl sites for hydroxylation is 1. The van der Waals surface area contributed by atoms with Crippen molar-refractivity contribution in [2.45, 2.75) is 39.2 Å². The van der Waals surface area contributed by atoms with Crippen LogP contribution in [-0.4, -0.2) is 37.0 Å². The summed E-state index contributed by atoms with van der Waals surface area (Å²) in [5, 5.41) is 2.81. The van der Waals surface area contributed by atoms with Gasteiger partial charge in [0.1, 0.15) is 0 Å². The van der Waals surface area contributed by atoms with Crippen LogP contribution in [0.1, 0.15) is 31.7 Å². The monoisotopic (exact) mass is 318 g/mol. The van der Waals surface area contributed by atoms with Crippen molar-refractivity contribution < 1.29 is 19.1 Å². The Morgan fingerprint density at radius 2 is 1.96 bits per heavy atom. The fourth-order valence-corrected chi connectivity index (χ4v) is 2.53. The molecule has 1 aliphatic rings. The molecule has 0 bridgehead atoms. The molecule has 1 saturated heterocycles. The quantitative estimate of drug-likeness (QED) is 0.808. The van der Waals surface area contributed by atoms with E-state index in [1.807, 2.05) is 31.2 Å². The van der Waals surface area contributed by atoms with Crippen molar-refractivity contribution >= 4 is 23.5 Å². The number of carbonyl (C=O) groups excluding carboxylic acids is 3. The van der Waals surface area contributed by atoms with Crippen molar-refractivity contribution in [1.82, 2.24) is 5.32 Å². The molecule has 23 heavy (non-hydrogen) atoms. The number of hydrogen-bond acceptors (Lipinski definition) is 4. The minimum absolute atomic E-state index is 0.00968. The van der Waals surface area contributed by atoms with E-state index in [2.05, 4.69) is 5.32 Å². The molecule has 1 aliphatic heterocycles. The summed E-state index contributed by atoms with van der Waals surface area (Å²) in [6, 6.07) is 7.48. The molecule has 0 aliphatic carbocycles. The molecule has 1 aromatic rings. The predicted molar refractivity (Wildman–Crippen MR) is 85.9 cm³/mol. The molecule has 1 N–H and O–H groups in total. The molecule has 0 spiro atoms. The number of rotatable bonds is 6. The zero-order chi connectivity index (χ0) is 16.8. The smallest absolute Gasteiger partial charge is 0.306 e. The van der Waals surface area contributed by atoms with E-state index >= 15 is 0 Å². The maximum Gasteiger partial charge on any atom is 0.306 e. The van der Waals surface area contributed by atoms with Crippen LogP contribution < -0.4 is 10.2 Å². The number of esters is 1. The van der Waals surface area contributed by atoms with Gasteiger partial charge < -0.3 is 15.0 Å². The first-order valence-corrected chi connectivity index (χ1v) is 7.81. The van der Waals surface area contributed by atoms with Crippen molar-refractivity contribution in [2.24, 2.45) is 0 Å². The largest absolute Gasteiger partial charge is 0.466 e. The maximum absolute atomic E-state index is 12.1. The van der Waals surface area contributed by atoms with E-state index < -0.39 is 0 Å². The van der Waals surface area contributed by atoms with Gasteiger partial charge >= 0.3 is 5.97 Å². The molecule has 0 saturated carbocycles. The highest BCUT2D eigenvalue weighted by Gasteiger charge is 2.31. The van der Waals surface area contributed by atoms with Crippen molar-refractivity contribution in [3.63, 3.8) is 0 Å². The lowest BCUT2D eigenvalue weighted by Crippen LogP contribution is -2.37. The highest BCUT2D eigenvalue weighted by Crippen LogP contribution is 2.22. The third kappa shape index (κ3) is 4.81. The topological polar surface area (TPSA) is 75.7 Å². The predicted octanol–water partition coefficient (Wildman–Crippen LogP) is 1.56.